The number of amides is 1. The molecule has 0 aromatic heterocycles. The van der Waals surface area contributed by atoms with Crippen LogP contribution >= 0.6 is 0 Å². The van der Waals surface area contributed by atoms with Crippen LogP contribution in [0.25, 0.3) is 0 Å². The molecule has 0 fully saturated rings. The quantitative estimate of drug-likeness (QED) is 0.0364. The molecule has 0 rings (SSSR count). The first kappa shape index (κ1) is 56.1. The first-order valence-corrected chi connectivity index (χ1v) is 26.0. The van der Waals surface area contributed by atoms with Crippen LogP contribution in [0.1, 0.15) is 290 Å². The number of nitrogens with one attached hydrogen (secondary N) is 1. The van der Waals surface area contributed by atoms with Gasteiger partial charge in [-0.3, -0.25) is 4.79 Å². The van der Waals surface area contributed by atoms with Gasteiger partial charge in [0.2, 0.25) is 5.91 Å². The van der Waals surface area contributed by atoms with Crippen molar-refractivity contribution in [3.8, 4) is 0 Å². The van der Waals surface area contributed by atoms with Crippen molar-refractivity contribution in [2.24, 2.45) is 0 Å². The molecule has 3 atom stereocenters. The van der Waals surface area contributed by atoms with E-state index in [4.69, 9.17) is 0 Å². The summed E-state index contributed by atoms with van der Waals surface area (Å²) in [6.45, 7) is 4.29. The maximum Gasteiger partial charge on any atom is 0.222 e. The summed E-state index contributed by atoms with van der Waals surface area (Å²) in [6, 6.07) is -0.659. The van der Waals surface area contributed by atoms with Crippen molar-refractivity contribution in [2.75, 3.05) is 6.61 Å². The monoisotopic (exact) mass is 806 g/mol. The molecule has 0 bridgehead atoms. The smallest absolute Gasteiger partial charge is 0.222 e. The molecule has 0 spiro atoms. The fourth-order valence-electron chi connectivity index (χ4n) is 8.34. The first-order chi connectivity index (χ1) is 28.0. The van der Waals surface area contributed by atoms with Gasteiger partial charge in [0, 0.05) is 0 Å². The van der Waals surface area contributed by atoms with Gasteiger partial charge in [-0.15, -0.1) is 0 Å². The second-order valence-corrected chi connectivity index (χ2v) is 18.1. The van der Waals surface area contributed by atoms with Gasteiger partial charge in [-0.2, -0.15) is 0 Å². The van der Waals surface area contributed by atoms with Crippen molar-refractivity contribution >= 4 is 5.91 Å². The molecule has 0 radical (unpaired) electrons. The van der Waals surface area contributed by atoms with Crippen LogP contribution in [0.5, 0.6) is 0 Å². The van der Waals surface area contributed by atoms with Crippen molar-refractivity contribution in [1.82, 2.24) is 5.32 Å². The number of hydrogen-bond acceptors (Lipinski definition) is 4. The molecule has 3 unspecified atom stereocenters. The summed E-state index contributed by atoms with van der Waals surface area (Å²) in [5, 5.41) is 33.6. The highest BCUT2D eigenvalue weighted by molar-refractivity contribution is 5.76. The SMILES string of the molecule is CCCCCCCCCCCC/C=C\CCCCCCCC(O)CC(=O)NC(CO)C(O)CCCCCCCCCCCCCCCCCCCCCCCCC. The number of carbonyl (C=O) groups excluding carboxylic acids is 1. The normalized spacial score (nSPS) is 13.4. The Morgan fingerprint density at radius 2 is 0.702 bits per heavy atom. The first-order valence-electron chi connectivity index (χ1n) is 26.0. The zero-order chi connectivity index (χ0) is 41.5. The fourth-order valence-corrected chi connectivity index (χ4v) is 8.34. The molecule has 0 saturated carbocycles. The molecule has 4 N–H and O–H groups in total. The summed E-state index contributed by atoms with van der Waals surface area (Å²) in [5.41, 5.74) is 0. The van der Waals surface area contributed by atoms with Gasteiger partial charge in [0.05, 0.1) is 31.3 Å². The van der Waals surface area contributed by atoms with E-state index in [9.17, 15) is 20.1 Å². The van der Waals surface area contributed by atoms with E-state index in [0.717, 1.165) is 32.1 Å². The Balaban J connectivity index is 3.55. The lowest BCUT2D eigenvalue weighted by molar-refractivity contribution is -0.125. The average Bonchev–Trinajstić information content (AvgIpc) is 3.20. The van der Waals surface area contributed by atoms with E-state index in [1.54, 1.807) is 0 Å². The lowest BCUT2D eigenvalue weighted by Gasteiger charge is -2.23. The topological polar surface area (TPSA) is 89.8 Å². The summed E-state index contributed by atoms with van der Waals surface area (Å²) >= 11 is 0. The number of aliphatic hydroxyl groups is 3. The van der Waals surface area contributed by atoms with Crippen molar-refractivity contribution in [3.05, 3.63) is 12.2 Å². The lowest BCUT2D eigenvalue weighted by atomic mass is 10.0. The summed E-state index contributed by atoms with van der Waals surface area (Å²) in [5.74, 6) is -0.283. The van der Waals surface area contributed by atoms with E-state index < -0.39 is 18.2 Å². The number of aliphatic hydroxyl groups excluding tert-OH is 3. The number of rotatable bonds is 48. The van der Waals surface area contributed by atoms with Crippen molar-refractivity contribution in [3.63, 3.8) is 0 Å². The number of unbranched alkanes of at least 4 members (excludes halogenated alkanes) is 37. The minimum Gasteiger partial charge on any atom is -0.394 e. The zero-order valence-corrected chi connectivity index (χ0v) is 38.7. The zero-order valence-electron chi connectivity index (χ0n) is 38.7. The molecule has 57 heavy (non-hydrogen) atoms. The largest absolute Gasteiger partial charge is 0.394 e. The minimum absolute atomic E-state index is 0.0342. The Bertz CT molecular complexity index is 803. The Hall–Kier alpha value is -0.910. The highest BCUT2D eigenvalue weighted by Gasteiger charge is 2.21. The van der Waals surface area contributed by atoms with Gasteiger partial charge in [-0.05, 0) is 38.5 Å². The minimum atomic E-state index is -0.749. The van der Waals surface area contributed by atoms with Gasteiger partial charge < -0.3 is 20.6 Å². The van der Waals surface area contributed by atoms with Crippen LogP contribution in [0.4, 0.5) is 0 Å². The number of carbonyl (C=O) groups is 1. The molecule has 0 aromatic rings. The van der Waals surface area contributed by atoms with Crippen molar-refractivity contribution in [2.45, 2.75) is 308 Å². The Kier molecular flexibility index (Phi) is 47.0. The maximum absolute atomic E-state index is 12.5. The second-order valence-electron chi connectivity index (χ2n) is 18.1. The van der Waals surface area contributed by atoms with Gasteiger partial charge in [-0.1, -0.05) is 257 Å². The van der Waals surface area contributed by atoms with Gasteiger partial charge in [0.25, 0.3) is 0 Å². The van der Waals surface area contributed by atoms with Crippen LogP contribution in [0.3, 0.4) is 0 Å². The van der Waals surface area contributed by atoms with Crippen LogP contribution in [0, 0.1) is 0 Å². The number of allylic oxidation sites excluding steroid dienone is 2. The Morgan fingerprint density at radius 1 is 0.421 bits per heavy atom. The Morgan fingerprint density at radius 3 is 1.02 bits per heavy atom. The molecule has 0 heterocycles. The molecular weight excluding hydrogens is 703 g/mol. The molecule has 340 valence electrons. The lowest BCUT2D eigenvalue weighted by Crippen LogP contribution is -2.46. The summed E-state index contributed by atoms with van der Waals surface area (Å²) in [7, 11) is 0. The number of hydrogen-bond donors (Lipinski definition) is 4. The van der Waals surface area contributed by atoms with Gasteiger partial charge >= 0.3 is 0 Å². The molecular formula is C52H103NO4. The van der Waals surface area contributed by atoms with Crippen molar-refractivity contribution in [1.29, 1.82) is 0 Å². The fraction of sp³-hybridized carbons (Fsp3) is 0.942. The highest BCUT2D eigenvalue weighted by Crippen LogP contribution is 2.17. The van der Waals surface area contributed by atoms with Crippen molar-refractivity contribution < 1.29 is 20.1 Å². The van der Waals surface area contributed by atoms with Gasteiger partial charge in [0.15, 0.2) is 0 Å². The van der Waals surface area contributed by atoms with Crippen LogP contribution < -0.4 is 5.32 Å². The van der Waals surface area contributed by atoms with E-state index in [-0.39, 0.29) is 18.9 Å². The second kappa shape index (κ2) is 47.8. The molecule has 0 aliphatic carbocycles. The molecule has 5 heteroatoms. The van der Waals surface area contributed by atoms with E-state index in [1.165, 1.54) is 225 Å². The molecule has 1 amide bonds. The summed E-state index contributed by atoms with van der Waals surface area (Å²) in [6.07, 6.45) is 57.8. The average molecular weight is 806 g/mol. The molecule has 0 aliphatic rings. The van der Waals surface area contributed by atoms with E-state index in [2.05, 4.69) is 31.3 Å². The molecule has 5 nitrogen and oxygen atoms in total. The summed E-state index contributed by atoms with van der Waals surface area (Å²) < 4.78 is 0. The third kappa shape index (κ3) is 44.5. The van der Waals surface area contributed by atoms with Crippen LogP contribution in [-0.2, 0) is 4.79 Å². The molecule has 0 aromatic carbocycles. The molecule has 0 aliphatic heterocycles. The predicted octanol–water partition coefficient (Wildman–Crippen LogP) is 15.6. The van der Waals surface area contributed by atoms with Crippen LogP contribution in [-0.4, -0.2) is 46.1 Å². The van der Waals surface area contributed by atoms with E-state index in [1.807, 2.05) is 0 Å². The van der Waals surface area contributed by atoms with Crippen LogP contribution in [0.2, 0.25) is 0 Å². The maximum atomic E-state index is 12.5. The molecule has 0 saturated heterocycles. The van der Waals surface area contributed by atoms with Gasteiger partial charge in [0.1, 0.15) is 0 Å². The third-order valence-electron chi connectivity index (χ3n) is 12.3. The van der Waals surface area contributed by atoms with E-state index >= 15 is 0 Å². The standard InChI is InChI=1S/C52H103NO4/c1-3-5-7-9-11-13-15-17-19-21-23-24-25-26-28-30-32-34-36-38-40-42-44-46-51(56)50(48-54)53-52(57)47-49(55)45-43-41-39-37-35-33-31-29-27-22-20-18-16-14-12-10-8-6-4-2/h29,31,49-51,54-56H,3-28,30,32-48H2,1-2H3,(H,53,57)/b31-29-. The van der Waals surface area contributed by atoms with Crippen LogP contribution in [0.15, 0.2) is 12.2 Å². The highest BCUT2D eigenvalue weighted by atomic mass is 16.3. The third-order valence-corrected chi connectivity index (χ3v) is 12.3. The van der Waals surface area contributed by atoms with Gasteiger partial charge in [-0.25, -0.2) is 0 Å². The Labute approximate surface area is 357 Å². The van der Waals surface area contributed by atoms with E-state index in [0.29, 0.717) is 12.8 Å². The predicted molar refractivity (Wildman–Crippen MR) is 250 cm³/mol. The summed E-state index contributed by atoms with van der Waals surface area (Å²) in [4.78, 5) is 12.5.